The highest BCUT2D eigenvalue weighted by Gasteiger charge is 2.45. The van der Waals surface area contributed by atoms with E-state index >= 15 is 0 Å². The first-order valence-electron chi connectivity index (χ1n) is 8.44. The highest BCUT2D eigenvalue weighted by atomic mass is 35.5. The standard InChI is InChI=1S/C17H11Cl3F4N4O/c18-9-5-11(10(21)4-8(9)17(22,23)24)25-16(29)28-6-1-2-12(28)13-7(3-6)14(19)26-27-15(13)20/h4-6,12H,1-3H2,(H,25,29)/t6-,12+/m0/s1. The van der Waals surface area contributed by atoms with Gasteiger partial charge in [-0.15, -0.1) is 10.2 Å². The Hall–Kier alpha value is -1.84. The number of nitrogens with zero attached hydrogens (tertiary/aromatic N) is 3. The number of nitrogens with one attached hydrogen (secondary N) is 1. The SMILES string of the molecule is O=C(Nc1cc(Cl)c(C(F)(F)F)cc1F)N1[C@H]2CC[C@@H]1c1c(Cl)nnc(Cl)c1C2. The second-order valence-corrected chi connectivity index (χ2v) is 7.90. The van der Waals surface area contributed by atoms with Crippen LogP contribution in [0.3, 0.4) is 0 Å². The summed E-state index contributed by atoms with van der Waals surface area (Å²) < 4.78 is 52.8. The van der Waals surface area contributed by atoms with Gasteiger partial charge in [-0.2, -0.15) is 13.2 Å². The Bertz CT molecular complexity index is 1020. The van der Waals surface area contributed by atoms with Crippen LogP contribution in [0.1, 0.15) is 35.6 Å². The van der Waals surface area contributed by atoms with Crippen molar-refractivity contribution in [2.75, 3.05) is 5.32 Å². The van der Waals surface area contributed by atoms with Crippen LogP contribution < -0.4 is 5.32 Å². The minimum absolute atomic E-state index is 0.122. The highest BCUT2D eigenvalue weighted by Crippen LogP contribution is 2.47. The molecule has 12 heteroatoms. The molecule has 2 bridgehead atoms. The summed E-state index contributed by atoms with van der Waals surface area (Å²) in [6, 6.07) is -0.367. The average Bonchev–Trinajstić information content (AvgIpc) is 2.93. The third-order valence-electron chi connectivity index (χ3n) is 5.14. The monoisotopic (exact) mass is 468 g/mol. The minimum atomic E-state index is -4.81. The number of hydrogen-bond acceptors (Lipinski definition) is 3. The molecule has 0 aliphatic carbocycles. The molecular formula is C17H11Cl3F4N4O. The Kier molecular flexibility index (Phi) is 5.03. The number of rotatable bonds is 1. The molecule has 1 aromatic heterocycles. The van der Waals surface area contributed by atoms with Gasteiger partial charge in [0.15, 0.2) is 10.3 Å². The van der Waals surface area contributed by atoms with Crippen LogP contribution in [0.5, 0.6) is 0 Å². The van der Waals surface area contributed by atoms with E-state index in [0.717, 1.165) is 6.07 Å². The Balaban J connectivity index is 1.64. The lowest BCUT2D eigenvalue weighted by Crippen LogP contribution is -2.44. The number of anilines is 1. The number of urea groups is 1. The van der Waals surface area contributed by atoms with Crippen LogP contribution in [0.25, 0.3) is 0 Å². The summed E-state index contributed by atoms with van der Waals surface area (Å²) in [5, 5.41) is 9.50. The molecule has 0 unspecified atom stereocenters. The summed E-state index contributed by atoms with van der Waals surface area (Å²) in [6.45, 7) is 0. The molecule has 2 aromatic rings. The fourth-order valence-electron chi connectivity index (χ4n) is 3.92. The van der Waals surface area contributed by atoms with Gasteiger partial charge in [0, 0.05) is 17.2 Å². The second kappa shape index (κ2) is 7.14. The summed E-state index contributed by atoms with van der Waals surface area (Å²) in [4.78, 5) is 14.3. The Morgan fingerprint density at radius 1 is 1.14 bits per heavy atom. The van der Waals surface area contributed by atoms with E-state index in [1.165, 1.54) is 4.90 Å². The summed E-state index contributed by atoms with van der Waals surface area (Å²) in [5.74, 6) is -1.24. The van der Waals surface area contributed by atoms with Crippen molar-refractivity contribution < 1.29 is 22.4 Å². The lowest BCUT2D eigenvalue weighted by Gasteiger charge is -2.36. The maximum atomic E-state index is 14.2. The third-order valence-corrected chi connectivity index (χ3v) is 6.03. The van der Waals surface area contributed by atoms with Crippen molar-refractivity contribution in [3.63, 3.8) is 0 Å². The zero-order chi connectivity index (χ0) is 21.1. The molecule has 2 atom stereocenters. The Morgan fingerprint density at radius 3 is 2.52 bits per heavy atom. The van der Waals surface area contributed by atoms with Gasteiger partial charge in [0.1, 0.15) is 5.82 Å². The van der Waals surface area contributed by atoms with Gasteiger partial charge in [0.25, 0.3) is 0 Å². The molecule has 29 heavy (non-hydrogen) atoms. The molecule has 4 rings (SSSR count). The average molecular weight is 470 g/mol. The van der Waals surface area contributed by atoms with Crippen LogP contribution in [0.4, 0.5) is 28.0 Å². The number of carbonyl (C=O) groups excluding carboxylic acids is 1. The van der Waals surface area contributed by atoms with E-state index in [1.807, 2.05) is 0 Å². The van der Waals surface area contributed by atoms with E-state index in [-0.39, 0.29) is 22.4 Å². The van der Waals surface area contributed by atoms with E-state index in [1.54, 1.807) is 0 Å². The molecule has 1 fully saturated rings. The third kappa shape index (κ3) is 3.49. The lowest BCUT2D eigenvalue weighted by molar-refractivity contribution is -0.137. The first kappa shape index (κ1) is 20.4. The number of fused-ring (bicyclic) bond motifs is 4. The van der Waals surface area contributed by atoms with Crippen molar-refractivity contribution in [1.29, 1.82) is 0 Å². The molecule has 5 nitrogen and oxygen atoms in total. The molecule has 1 N–H and O–H groups in total. The van der Waals surface area contributed by atoms with E-state index in [2.05, 4.69) is 15.5 Å². The van der Waals surface area contributed by atoms with Gasteiger partial charge >= 0.3 is 12.2 Å². The van der Waals surface area contributed by atoms with Gasteiger partial charge in [-0.05, 0) is 31.4 Å². The molecule has 2 aliphatic rings. The van der Waals surface area contributed by atoms with Gasteiger partial charge in [-0.3, -0.25) is 0 Å². The quantitative estimate of drug-likeness (QED) is 0.530. The van der Waals surface area contributed by atoms with Crippen molar-refractivity contribution in [2.45, 2.75) is 37.5 Å². The molecule has 1 saturated heterocycles. The fraction of sp³-hybridized carbons (Fsp3) is 0.353. The molecule has 1 aromatic carbocycles. The summed E-state index contributed by atoms with van der Waals surface area (Å²) in [5.41, 5.74) is -0.467. The summed E-state index contributed by atoms with van der Waals surface area (Å²) >= 11 is 17.9. The number of aromatic nitrogens is 2. The van der Waals surface area contributed by atoms with Crippen molar-refractivity contribution in [2.24, 2.45) is 0 Å². The van der Waals surface area contributed by atoms with E-state index in [9.17, 15) is 22.4 Å². The van der Waals surface area contributed by atoms with Crippen LogP contribution in [0, 0.1) is 5.82 Å². The zero-order valence-electron chi connectivity index (χ0n) is 14.3. The zero-order valence-corrected chi connectivity index (χ0v) is 16.6. The van der Waals surface area contributed by atoms with E-state index in [0.29, 0.717) is 30.4 Å². The molecular weight excluding hydrogens is 459 g/mol. The first-order chi connectivity index (χ1) is 13.6. The predicted octanol–water partition coefficient (Wildman–Crippen LogP) is 5.89. The molecule has 0 spiro atoms. The van der Waals surface area contributed by atoms with E-state index in [4.69, 9.17) is 34.8 Å². The molecule has 0 saturated carbocycles. The number of hydrogen-bond donors (Lipinski definition) is 1. The fourth-order valence-corrected chi connectivity index (χ4v) is 4.69. The Morgan fingerprint density at radius 2 is 1.83 bits per heavy atom. The maximum Gasteiger partial charge on any atom is 0.417 e. The van der Waals surface area contributed by atoms with Crippen LogP contribution in [0.2, 0.25) is 15.3 Å². The molecule has 3 heterocycles. The van der Waals surface area contributed by atoms with Gasteiger partial charge in [-0.1, -0.05) is 34.8 Å². The van der Waals surface area contributed by atoms with E-state index < -0.39 is 40.3 Å². The number of carbonyl (C=O) groups is 1. The van der Waals surface area contributed by atoms with Gasteiger partial charge in [0.2, 0.25) is 0 Å². The summed E-state index contributed by atoms with van der Waals surface area (Å²) in [7, 11) is 0. The highest BCUT2D eigenvalue weighted by molar-refractivity contribution is 6.32. The van der Waals surface area contributed by atoms with Crippen molar-refractivity contribution in [1.82, 2.24) is 15.1 Å². The molecule has 154 valence electrons. The van der Waals surface area contributed by atoms with Crippen molar-refractivity contribution >= 4 is 46.5 Å². The number of halogens is 7. The number of alkyl halides is 3. The van der Waals surface area contributed by atoms with Crippen molar-refractivity contribution in [3.05, 3.63) is 50.0 Å². The molecule has 2 aliphatic heterocycles. The number of benzene rings is 1. The van der Waals surface area contributed by atoms with Gasteiger partial charge in [0.05, 0.1) is 22.3 Å². The van der Waals surface area contributed by atoms with Gasteiger partial charge < -0.3 is 10.2 Å². The smallest absolute Gasteiger partial charge is 0.314 e. The van der Waals surface area contributed by atoms with Crippen molar-refractivity contribution in [3.8, 4) is 0 Å². The minimum Gasteiger partial charge on any atom is -0.314 e. The molecule has 2 amide bonds. The van der Waals surface area contributed by atoms with Crippen LogP contribution in [-0.4, -0.2) is 27.2 Å². The summed E-state index contributed by atoms with van der Waals surface area (Å²) in [6.07, 6.45) is -3.18. The van der Waals surface area contributed by atoms with Crippen LogP contribution in [0.15, 0.2) is 12.1 Å². The van der Waals surface area contributed by atoms with Gasteiger partial charge in [-0.25, -0.2) is 9.18 Å². The predicted molar refractivity (Wildman–Crippen MR) is 98.8 cm³/mol. The van der Waals surface area contributed by atoms with Crippen LogP contribution in [-0.2, 0) is 12.6 Å². The largest absolute Gasteiger partial charge is 0.417 e. The molecule has 0 radical (unpaired) electrons. The maximum absolute atomic E-state index is 14.2. The first-order valence-corrected chi connectivity index (χ1v) is 9.57. The normalized spacial score (nSPS) is 20.6. The van der Waals surface area contributed by atoms with Crippen LogP contribution >= 0.6 is 34.8 Å². The number of amides is 2. The lowest BCUT2D eigenvalue weighted by atomic mass is 9.96. The second-order valence-electron chi connectivity index (χ2n) is 6.77. The Labute approximate surface area is 176 Å². The topological polar surface area (TPSA) is 58.1 Å².